The van der Waals surface area contributed by atoms with Gasteiger partial charge in [-0.2, -0.15) is 0 Å². The molecular formula is C24H29N3O5. The fraction of sp³-hybridized carbons (Fsp3) is 0.333. The molecule has 1 N–H and O–H groups in total. The van der Waals surface area contributed by atoms with E-state index in [9.17, 15) is 4.79 Å². The third-order valence-electron chi connectivity index (χ3n) is 5.21. The second kappa shape index (κ2) is 10.6. The van der Waals surface area contributed by atoms with Crippen LogP contribution in [0.5, 0.6) is 23.0 Å². The lowest BCUT2D eigenvalue weighted by Crippen LogP contribution is -2.31. The maximum absolute atomic E-state index is 12.9. The van der Waals surface area contributed by atoms with Gasteiger partial charge in [-0.3, -0.25) is 4.79 Å². The molecule has 0 saturated carbocycles. The highest BCUT2D eigenvalue weighted by Crippen LogP contribution is 2.38. The molecule has 0 saturated heterocycles. The summed E-state index contributed by atoms with van der Waals surface area (Å²) >= 11 is 0. The van der Waals surface area contributed by atoms with Gasteiger partial charge in [-0.15, -0.1) is 0 Å². The predicted octanol–water partition coefficient (Wildman–Crippen LogP) is 3.29. The molecule has 1 unspecified atom stereocenters. The molecule has 2 aromatic carbocycles. The van der Waals surface area contributed by atoms with Crippen LogP contribution in [-0.4, -0.2) is 43.9 Å². The summed E-state index contributed by atoms with van der Waals surface area (Å²) in [4.78, 5) is 17.4. The number of aryl methyl sites for hydroxylation is 2. The number of carbonyl (C=O) groups excluding carboxylic acids is 1. The van der Waals surface area contributed by atoms with E-state index in [1.807, 2.05) is 54.2 Å². The van der Waals surface area contributed by atoms with Crippen LogP contribution in [0, 0.1) is 0 Å². The first-order valence-corrected chi connectivity index (χ1v) is 10.2. The Balaban J connectivity index is 1.78. The molecule has 8 heteroatoms. The third-order valence-corrected chi connectivity index (χ3v) is 5.21. The number of hydrogen-bond acceptors (Lipinski definition) is 6. The number of aromatic nitrogens is 2. The van der Waals surface area contributed by atoms with Gasteiger partial charge in [0.2, 0.25) is 11.7 Å². The molecule has 0 fully saturated rings. The standard InChI is InChI=1S/C24H29N3O5/c1-27-12-11-25-24(27)22(17-7-6-8-18(15-17)29-2)26-21(28)10-9-16-13-19(30-3)23(32-5)20(14-16)31-4/h6-8,11-15,22H,9-10H2,1-5H3,(H,26,28). The highest BCUT2D eigenvalue weighted by Gasteiger charge is 2.21. The summed E-state index contributed by atoms with van der Waals surface area (Å²) in [5, 5.41) is 3.11. The van der Waals surface area contributed by atoms with E-state index in [4.69, 9.17) is 18.9 Å². The first kappa shape index (κ1) is 23.0. The van der Waals surface area contributed by atoms with E-state index in [1.165, 1.54) is 0 Å². The lowest BCUT2D eigenvalue weighted by atomic mass is 10.0. The van der Waals surface area contributed by atoms with Crippen LogP contribution < -0.4 is 24.3 Å². The Morgan fingerprint density at radius 3 is 2.31 bits per heavy atom. The highest BCUT2D eigenvalue weighted by atomic mass is 16.5. The number of rotatable bonds is 10. The first-order valence-electron chi connectivity index (χ1n) is 10.2. The predicted molar refractivity (Wildman–Crippen MR) is 121 cm³/mol. The van der Waals surface area contributed by atoms with Crippen LogP contribution in [-0.2, 0) is 18.3 Å². The Morgan fingerprint density at radius 2 is 1.75 bits per heavy atom. The van der Waals surface area contributed by atoms with E-state index in [0.29, 0.717) is 29.4 Å². The van der Waals surface area contributed by atoms with Crippen molar-refractivity contribution in [1.29, 1.82) is 0 Å². The van der Waals surface area contributed by atoms with Gasteiger partial charge >= 0.3 is 0 Å². The van der Waals surface area contributed by atoms with Gasteiger partial charge in [-0.05, 0) is 41.8 Å². The minimum absolute atomic E-state index is 0.102. The number of hydrogen-bond donors (Lipinski definition) is 1. The van der Waals surface area contributed by atoms with Gasteiger partial charge in [-0.25, -0.2) is 4.98 Å². The molecule has 0 radical (unpaired) electrons. The summed E-state index contributed by atoms with van der Waals surface area (Å²) in [6.07, 6.45) is 4.35. The maximum atomic E-state index is 12.9. The van der Waals surface area contributed by atoms with Crippen molar-refractivity contribution in [2.45, 2.75) is 18.9 Å². The molecule has 8 nitrogen and oxygen atoms in total. The van der Waals surface area contributed by atoms with Gasteiger partial charge in [0.15, 0.2) is 11.5 Å². The Kier molecular flexibility index (Phi) is 7.59. The number of carbonyl (C=O) groups is 1. The molecule has 0 bridgehead atoms. The number of ether oxygens (including phenoxy) is 4. The smallest absolute Gasteiger partial charge is 0.221 e. The van der Waals surface area contributed by atoms with Gasteiger partial charge < -0.3 is 28.8 Å². The molecule has 3 aromatic rings. The summed E-state index contributed by atoms with van der Waals surface area (Å²) in [6, 6.07) is 10.9. The second-order valence-electron chi connectivity index (χ2n) is 7.21. The van der Waals surface area contributed by atoms with Crippen LogP contribution >= 0.6 is 0 Å². The number of imidazole rings is 1. The molecule has 0 spiro atoms. The largest absolute Gasteiger partial charge is 0.497 e. The fourth-order valence-corrected chi connectivity index (χ4v) is 3.54. The van der Waals surface area contributed by atoms with Crippen LogP contribution in [0.1, 0.15) is 29.4 Å². The Hall–Kier alpha value is -3.68. The van der Waals surface area contributed by atoms with Crippen molar-refractivity contribution in [3.63, 3.8) is 0 Å². The molecule has 3 rings (SSSR count). The number of methoxy groups -OCH3 is 4. The molecule has 32 heavy (non-hydrogen) atoms. The average Bonchev–Trinajstić information content (AvgIpc) is 3.25. The Morgan fingerprint density at radius 1 is 1.03 bits per heavy atom. The van der Waals surface area contributed by atoms with Crippen molar-refractivity contribution in [3.8, 4) is 23.0 Å². The van der Waals surface area contributed by atoms with Crippen molar-refractivity contribution >= 4 is 5.91 Å². The zero-order valence-corrected chi connectivity index (χ0v) is 19.0. The van der Waals surface area contributed by atoms with Gasteiger partial charge in [0, 0.05) is 25.9 Å². The molecular weight excluding hydrogens is 410 g/mol. The number of nitrogens with one attached hydrogen (secondary N) is 1. The molecule has 0 aliphatic heterocycles. The van der Waals surface area contributed by atoms with Gasteiger partial charge in [0.05, 0.1) is 28.4 Å². The van der Waals surface area contributed by atoms with E-state index in [2.05, 4.69) is 10.3 Å². The van der Waals surface area contributed by atoms with E-state index >= 15 is 0 Å². The molecule has 1 amide bonds. The molecule has 1 aromatic heterocycles. The summed E-state index contributed by atoms with van der Waals surface area (Å²) in [7, 11) is 8.21. The minimum atomic E-state index is -0.405. The van der Waals surface area contributed by atoms with Gasteiger partial charge in [0.1, 0.15) is 17.6 Å². The van der Waals surface area contributed by atoms with Crippen LogP contribution in [0.25, 0.3) is 0 Å². The monoisotopic (exact) mass is 439 g/mol. The van der Waals surface area contributed by atoms with Crippen molar-refractivity contribution in [2.24, 2.45) is 7.05 Å². The zero-order valence-electron chi connectivity index (χ0n) is 19.0. The topological polar surface area (TPSA) is 83.8 Å². The maximum Gasteiger partial charge on any atom is 0.221 e. The van der Waals surface area contributed by atoms with Crippen molar-refractivity contribution in [1.82, 2.24) is 14.9 Å². The first-order chi connectivity index (χ1) is 15.5. The zero-order chi connectivity index (χ0) is 23.1. The number of benzene rings is 2. The highest BCUT2D eigenvalue weighted by molar-refractivity contribution is 5.77. The summed E-state index contributed by atoms with van der Waals surface area (Å²) in [5.41, 5.74) is 1.80. The molecule has 0 aliphatic carbocycles. The fourth-order valence-electron chi connectivity index (χ4n) is 3.54. The summed E-state index contributed by atoms with van der Waals surface area (Å²) < 4.78 is 23.4. The molecule has 170 valence electrons. The van der Waals surface area contributed by atoms with Crippen LogP contribution in [0.4, 0.5) is 0 Å². The Labute approximate surface area is 188 Å². The van der Waals surface area contributed by atoms with Crippen molar-refractivity contribution in [3.05, 3.63) is 65.7 Å². The van der Waals surface area contributed by atoms with Gasteiger partial charge in [-0.1, -0.05) is 12.1 Å². The van der Waals surface area contributed by atoms with E-state index in [1.54, 1.807) is 34.6 Å². The molecule has 1 atom stereocenters. The SMILES string of the molecule is COc1cccc(C(NC(=O)CCc2cc(OC)c(OC)c(OC)c2)c2nccn2C)c1. The summed E-state index contributed by atoms with van der Waals surface area (Å²) in [6.45, 7) is 0. The summed E-state index contributed by atoms with van der Waals surface area (Å²) in [5.74, 6) is 2.99. The number of amides is 1. The lowest BCUT2D eigenvalue weighted by molar-refractivity contribution is -0.121. The quantitative estimate of drug-likeness (QED) is 0.522. The number of nitrogens with zero attached hydrogens (tertiary/aromatic N) is 2. The second-order valence-corrected chi connectivity index (χ2v) is 7.21. The molecule has 1 heterocycles. The Bertz CT molecular complexity index is 1040. The van der Waals surface area contributed by atoms with Crippen LogP contribution in [0.2, 0.25) is 0 Å². The van der Waals surface area contributed by atoms with Crippen molar-refractivity contribution in [2.75, 3.05) is 28.4 Å². The van der Waals surface area contributed by atoms with E-state index < -0.39 is 6.04 Å². The molecule has 0 aliphatic rings. The van der Waals surface area contributed by atoms with Gasteiger partial charge in [0.25, 0.3) is 0 Å². The average molecular weight is 440 g/mol. The minimum Gasteiger partial charge on any atom is -0.497 e. The lowest BCUT2D eigenvalue weighted by Gasteiger charge is -2.20. The van der Waals surface area contributed by atoms with Crippen LogP contribution in [0.3, 0.4) is 0 Å². The normalized spacial score (nSPS) is 11.5. The van der Waals surface area contributed by atoms with Crippen LogP contribution in [0.15, 0.2) is 48.8 Å². The van der Waals surface area contributed by atoms with E-state index in [0.717, 1.165) is 17.0 Å². The third kappa shape index (κ3) is 5.14. The van der Waals surface area contributed by atoms with E-state index in [-0.39, 0.29) is 12.3 Å². The van der Waals surface area contributed by atoms with Crippen molar-refractivity contribution < 1.29 is 23.7 Å².